The lowest BCUT2D eigenvalue weighted by Gasteiger charge is -2.34. The number of halogens is 3. The molecule has 1 fully saturated rings. The van der Waals surface area contributed by atoms with Crippen molar-refractivity contribution >= 4 is 34.8 Å². The van der Waals surface area contributed by atoms with Crippen LogP contribution in [0.25, 0.3) is 0 Å². The summed E-state index contributed by atoms with van der Waals surface area (Å²) in [4.78, 5) is 20.3. The molecule has 1 aromatic carbocycles. The van der Waals surface area contributed by atoms with Gasteiger partial charge in [-0.1, -0.05) is 29.3 Å². The van der Waals surface area contributed by atoms with Crippen LogP contribution in [0.3, 0.4) is 0 Å². The quantitative estimate of drug-likeness (QED) is 0.787. The second-order valence-electron chi connectivity index (χ2n) is 6.14. The SMILES string of the molecule is O=C(CN1CCN(Cc2c(F)cccc2Cl)CC1)Nc1cccnc1Cl. The maximum atomic E-state index is 13.9. The Balaban J connectivity index is 1.48. The van der Waals surface area contributed by atoms with E-state index in [-0.39, 0.29) is 23.4 Å². The first-order valence-corrected chi connectivity index (χ1v) is 9.06. The molecule has 2 aromatic rings. The Morgan fingerprint density at radius 3 is 2.54 bits per heavy atom. The molecule has 0 saturated carbocycles. The van der Waals surface area contributed by atoms with Gasteiger partial charge in [0.2, 0.25) is 5.91 Å². The third kappa shape index (κ3) is 4.92. The van der Waals surface area contributed by atoms with Crippen molar-refractivity contribution in [3.8, 4) is 0 Å². The highest BCUT2D eigenvalue weighted by Crippen LogP contribution is 2.21. The number of nitrogens with zero attached hydrogens (tertiary/aromatic N) is 3. The number of benzene rings is 1. The summed E-state index contributed by atoms with van der Waals surface area (Å²) in [6.07, 6.45) is 1.57. The van der Waals surface area contributed by atoms with Crippen LogP contribution < -0.4 is 5.32 Å². The Morgan fingerprint density at radius 1 is 1.12 bits per heavy atom. The molecule has 26 heavy (non-hydrogen) atoms. The molecule has 0 atom stereocenters. The van der Waals surface area contributed by atoms with E-state index in [1.165, 1.54) is 6.07 Å². The van der Waals surface area contributed by atoms with Crippen LogP contribution in [-0.4, -0.2) is 53.4 Å². The maximum Gasteiger partial charge on any atom is 0.238 e. The fraction of sp³-hybridized carbons (Fsp3) is 0.333. The molecule has 0 bridgehead atoms. The molecule has 0 unspecified atom stereocenters. The lowest BCUT2D eigenvalue weighted by Crippen LogP contribution is -2.48. The van der Waals surface area contributed by atoms with Gasteiger partial charge in [-0.15, -0.1) is 0 Å². The molecule has 0 aliphatic carbocycles. The van der Waals surface area contributed by atoms with Gasteiger partial charge in [0, 0.05) is 49.5 Å². The summed E-state index contributed by atoms with van der Waals surface area (Å²) in [5, 5.41) is 3.48. The van der Waals surface area contributed by atoms with Crippen LogP contribution in [0.4, 0.5) is 10.1 Å². The Morgan fingerprint density at radius 2 is 1.85 bits per heavy atom. The van der Waals surface area contributed by atoms with Gasteiger partial charge in [0.15, 0.2) is 5.15 Å². The second kappa shape index (κ2) is 8.77. The fourth-order valence-corrected chi connectivity index (χ4v) is 3.27. The fourth-order valence-electron chi connectivity index (χ4n) is 2.88. The van der Waals surface area contributed by atoms with E-state index >= 15 is 0 Å². The number of pyridine rings is 1. The second-order valence-corrected chi connectivity index (χ2v) is 6.91. The van der Waals surface area contributed by atoms with E-state index in [1.54, 1.807) is 30.5 Å². The zero-order valence-electron chi connectivity index (χ0n) is 14.1. The van der Waals surface area contributed by atoms with Gasteiger partial charge in [0.1, 0.15) is 5.82 Å². The van der Waals surface area contributed by atoms with Crippen molar-refractivity contribution in [2.24, 2.45) is 0 Å². The van der Waals surface area contributed by atoms with Gasteiger partial charge in [0.25, 0.3) is 0 Å². The predicted molar refractivity (Wildman–Crippen MR) is 101 cm³/mol. The molecule has 1 aromatic heterocycles. The highest BCUT2D eigenvalue weighted by atomic mass is 35.5. The van der Waals surface area contributed by atoms with Gasteiger partial charge in [-0.3, -0.25) is 14.6 Å². The minimum atomic E-state index is -0.285. The summed E-state index contributed by atoms with van der Waals surface area (Å²) in [6.45, 7) is 3.67. The summed E-state index contributed by atoms with van der Waals surface area (Å²) < 4.78 is 13.9. The Hall–Kier alpha value is -1.73. The summed E-state index contributed by atoms with van der Waals surface area (Å²) in [6, 6.07) is 8.15. The van der Waals surface area contributed by atoms with Gasteiger partial charge in [-0.05, 0) is 24.3 Å². The number of carbonyl (C=O) groups excluding carboxylic acids is 1. The van der Waals surface area contributed by atoms with Crippen LogP contribution >= 0.6 is 23.2 Å². The van der Waals surface area contributed by atoms with Crippen LogP contribution in [0.1, 0.15) is 5.56 Å². The molecule has 1 aliphatic heterocycles. The molecular weight excluding hydrogens is 378 g/mol. The molecular formula is C18H19Cl2FN4O. The van der Waals surface area contributed by atoms with Gasteiger partial charge >= 0.3 is 0 Å². The van der Waals surface area contributed by atoms with E-state index in [0.29, 0.717) is 22.8 Å². The highest BCUT2D eigenvalue weighted by Gasteiger charge is 2.21. The molecule has 2 heterocycles. The summed E-state index contributed by atoms with van der Waals surface area (Å²) >= 11 is 12.0. The maximum absolute atomic E-state index is 13.9. The number of anilines is 1. The minimum Gasteiger partial charge on any atom is -0.322 e. The summed E-state index contributed by atoms with van der Waals surface area (Å²) in [7, 11) is 0. The molecule has 138 valence electrons. The number of amides is 1. The number of aromatic nitrogens is 1. The van der Waals surface area contributed by atoms with Crippen molar-refractivity contribution in [2.75, 3.05) is 38.0 Å². The standard InChI is InChI=1S/C18H19Cl2FN4O/c19-14-3-1-4-15(21)13(14)11-24-7-9-25(10-8-24)12-17(26)23-16-5-2-6-22-18(16)20/h1-6H,7-12H2,(H,23,26). The normalized spacial score (nSPS) is 15.8. The molecule has 5 nitrogen and oxygen atoms in total. The molecule has 1 amide bonds. The minimum absolute atomic E-state index is 0.134. The van der Waals surface area contributed by atoms with Crippen LogP contribution in [0.15, 0.2) is 36.5 Å². The predicted octanol–water partition coefficient (Wildman–Crippen LogP) is 3.28. The Labute approximate surface area is 161 Å². The van der Waals surface area contributed by atoms with Crippen LogP contribution in [0.2, 0.25) is 10.2 Å². The first-order valence-electron chi connectivity index (χ1n) is 8.31. The highest BCUT2D eigenvalue weighted by molar-refractivity contribution is 6.32. The molecule has 1 N–H and O–H groups in total. The van der Waals surface area contributed by atoms with E-state index < -0.39 is 0 Å². The van der Waals surface area contributed by atoms with Crippen molar-refractivity contribution in [2.45, 2.75) is 6.54 Å². The van der Waals surface area contributed by atoms with Crippen LogP contribution in [0.5, 0.6) is 0 Å². The van der Waals surface area contributed by atoms with E-state index in [4.69, 9.17) is 23.2 Å². The van der Waals surface area contributed by atoms with Crippen molar-refractivity contribution in [1.82, 2.24) is 14.8 Å². The first kappa shape index (κ1) is 19.0. The van der Waals surface area contributed by atoms with Crippen molar-refractivity contribution in [1.29, 1.82) is 0 Å². The monoisotopic (exact) mass is 396 g/mol. The zero-order chi connectivity index (χ0) is 18.5. The molecule has 3 rings (SSSR count). The van der Waals surface area contributed by atoms with Crippen molar-refractivity contribution in [3.05, 3.63) is 58.1 Å². The zero-order valence-corrected chi connectivity index (χ0v) is 15.6. The van der Waals surface area contributed by atoms with E-state index in [9.17, 15) is 9.18 Å². The van der Waals surface area contributed by atoms with Gasteiger partial charge in [-0.25, -0.2) is 9.37 Å². The molecule has 0 radical (unpaired) electrons. The van der Waals surface area contributed by atoms with Crippen LogP contribution in [-0.2, 0) is 11.3 Å². The number of piperazine rings is 1. The largest absolute Gasteiger partial charge is 0.322 e. The number of hydrogen-bond acceptors (Lipinski definition) is 4. The number of rotatable bonds is 5. The number of hydrogen-bond donors (Lipinski definition) is 1. The smallest absolute Gasteiger partial charge is 0.238 e. The van der Waals surface area contributed by atoms with Crippen molar-refractivity contribution < 1.29 is 9.18 Å². The molecule has 8 heteroatoms. The third-order valence-corrected chi connectivity index (χ3v) is 4.96. The van der Waals surface area contributed by atoms with Crippen molar-refractivity contribution in [3.63, 3.8) is 0 Å². The topological polar surface area (TPSA) is 48.5 Å². The number of nitrogens with one attached hydrogen (secondary N) is 1. The van der Waals surface area contributed by atoms with E-state index in [0.717, 1.165) is 26.2 Å². The Kier molecular flexibility index (Phi) is 6.43. The molecule has 0 spiro atoms. The first-order chi connectivity index (χ1) is 12.5. The average Bonchev–Trinajstić information content (AvgIpc) is 2.62. The molecule has 1 aliphatic rings. The van der Waals surface area contributed by atoms with E-state index in [2.05, 4.69) is 20.1 Å². The average molecular weight is 397 g/mol. The lowest BCUT2D eigenvalue weighted by atomic mass is 10.2. The van der Waals surface area contributed by atoms with Gasteiger partial charge in [0.05, 0.1) is 12.2 Å². The van der Waals surface area contributed by atoms with Gasteiger partial charge in [-0.2, -0.15) is 0 Å². The Bertz CT molecular complexity index is 761. The van der Waals surface area contributed by atoms with Gasteiger partial charge < -0.3 is 5.32 Å². The summed E-state index contributed by atoms with van der Waals surface area (Å²) in [5.74, 6) is -0.418. The van der Waals surface area contributed by atoms with E-state index in [1.807, 2.05) is 0 Å². The number of carbonyl (C=O) groups is 1. The molecule has 1 saturated heterocycles. The lowest BCUT2D eigenvalue weighted by molar-refractivity contribution is -0.117. The third-order valence-electron chi connectivity index (χ3n) is 4.31. The summed E-state index contributed by atoms with van der Waals surface area (Å²) in [5.41, 5.74) is 1.03. The van der Waals surface area contributed by atoms with Crippen LogP contribution in [0, 0.1) is 5.82 Å².